The predicted molar refractivity (Wildman–Crippen MR) is 51.1 cm³/mol. The number of amides is 1. The van der Waals surface area contributed by atoms with E-state index in [2.05, 4.69) is 12.1 Å². The molecule has 0 saturated heterocycles. The Hall–Kier alpha value is -1.31. The van der Waals surface area contributed by atoms with Crippen LogP contribution in [0.5, 0.6) is 0 Å². The topological polar surface area (TPSA) is 43.1 Å². The lowest BCUT2D eigenvalue weighted by atomic mass is 10.0. The van der Waals surface area contributed by atoms with Crippen molar-refractivity contribution in [2.75, 3.05) is 0 Å². The van der Waals surface area contributed by atoms with Gasteiger partial charge in [-0.2, -0.15) is 0 Å². The van der Waals surface area contributed by atoms with Crippen molar-refractivity contribution in [1.82, 2.24) is 0 Å². The number of primary amides is 1. The zero-order valence-electron chi connectivity index (χ0n) is 7.66. The first kappa shape index (κ1) is 8.30. The van der Waals surface area contributed by atoms with Crippen LogP contribution in [-0.4, -0.2) is 5.91 Å². The van der Waals surface area contributed by atoms with Crippen molar-refractivity contribution in [3.63, 3.8) is 0 Å². The fourth-order valence-corrected chi connectivity index (χ4v) is 1.81. The molecule has 0 bridgehead atoms. The first-order valence-corrected chi connectivity index (χ1v) is 4.49. The minimum atomic E-state index is -0.290. The summed E-state index contributed by atoms with van der Waals surface area (Å²) in [7, 11) is 0. The van der Waals surface area contributed by atoms with Gasteiger partial charge in [-0.1, -0.05) is 37.3 Å². The van der Waals surface area contributed by atoms with Crippen molar-refractivity contribution in [3.8, 4) is 0 Å². The van der Waals surface area contributed by atoms with Crippen molar-refractivity contribution >= 4 is 5.91 Å². The Labute approximate surface area is 77.8 Å². The van der Waals surface area contributed by atoms with Crippen LogP contribution in [0.2, 0.25) is 0 Å². The Morgan fingerprint density at radius 1 is 1.46 bits per heavy atom. The average Bonchev–Trinajstić information content (AvgIpc) is 2.81. The molecule has 2 heteroatoms. The van der Waals surface area contributed by atoms with E-state index in [0.717, 1.165) is 6.42 Å². The molecule has 68 valence electrons. The van der Waals surface area contributed by atoms with Crippen LogP contribution in [-0.2, 0) is 4.79 Å². The molecule has 2 atom stereocenters. The summed E-state index contributed by atoms with van der Waals surface area (Å²) in [5.41, 5.74) is 6.26. The van der Waals surface area contributed by atoms with E-state index in [0.29, 0.717) is 5.92 Å². The predicted octanol–water partition coefficient (Wildman–Crippen LogP) is 1.67. The summed E-state index contributed by atoms with van der Waals surface area (Å²) in [6.07, 6.45) is 0.895. The summed E-state index contributed by atoms with van der Waals surface area (Å²) in [4.78, 5) is 11.1. The third-order valence-electron chi connectivity index (χ3n) is 3.00. The summed E-state index contributed by atoms with van der Waals surface area (Å²) in [6.45, 7) is 1.94. The fraction of sp³-hybridized carbons (Fsp3) is 0.364. The maximum Gasteiger partial charge on any atom is 0.223 e. The van der Waals surface area contributed by atoms with Gasteiger partial charge in [0.05, 0.1) is 5.41 Å². The molecule has 0 unspecified atom stereocenters. The second-order valence-electron chi connectivity index (χ2n) is 3.95. The van der Waals surface area contributed by atoms with Gasteiger partial charge in [0.25, 0.3) is 0 Å². The van der Waals surface area contributed by atoms with Gasteiger partial charge in [0.1, 0.15) is 0 Å². The van der Waals surface area contributed by atoms with Crippen molar-refractivity contribution in [1.29, 1.82) is 0 Å². The standard InChI is InChI=1S/C11H13NO/c1-11(10(12)13)7-9(11)8-5-3-2-4-6-8/h2-6,9H,7H2,1H3,(H2,12,13)/t9-,11+/m0/s1. The molecule has 0 heterocycles. The molecule has 1 aromatic carbocycles. The van der Waals surface area contributed by atoms with Crippen LogP contribution in [0, 0.1) is 5.41 Å². The molecule has 0 aliphatic heterocycles. The van der Waals surface area contributed by atoms with E-state index in [9.17, 15) is 4.79 Å². The quantitative estimate of drug-likeness (QED) is 0.730. The minimum absolute atomic E-state index is 0.179. The Kier molecular flexibility index (Phi) is 1.65. The van der Waals surface area contributed by atoms with E-state index in [1.165, 1.54) is 5.56 Å². The Morgan fingerprint density at radius 3 is 2.54 bits per heavy atom. The van der Waals surface area contributed by atoms with Crippen molar-refractivity contribution in [2.45, 2.75) is 19.3 Å². The maximum absolute atomic E-state index is 11.1. The highest BCUT2D eigenvalue weighted by molar-refractivity contribution is 5.85. The van der Waals surface area contributed by atoms with Crippen LogP contribution in [0.4, 0.5) is 0 Å². The first-order valence-electron chi connectivity index (χ1n) is 4.49. The van der Waals surface area contributed by atoms with E-state index < -0.39 is 0 Å². The van der Waals surface area contributed by atoms with Gasteiger partial charge in [-0.15, -0.1) is 0 Å². The Morgan fingerprint density at radius 2 is 2.08 bits per heavy atom. The maximum atomic E-state index is 11.1. The molecule has 2 N–H and O–H groups in total. The summed E-state index contributed by atoms with van der Waals surface area (Å²) in [6, 6.07) is 10.1. The number of rotatable bonds is 2. The largest absolute Gasteiger partial charge is 0.369 e. The lowest BCUT2D eigenvalue weighted by Crippen LogP contribution is -2.23. The number of hydrogen-bond acceptors (Lipinski definition) is 1. The molecule has 0 aromatic heterocycles. The van der Waals surface area contributed by atoms with Crippen LogP contribution in [0.1, 0.15) is 24.8 Å². The van der Waals surface area contributed by atoms with Crippen LogP contribution >= 0.6 is 0 Å². The van der Waals surface area contributed by atoms with E-state index in [1.54, 1.807) is 0 Å². The van der Waals surface area contributed by atoms with Gasteiger partial charge in [-0.25, -0.2) is 0 Å². The lowest BCUT2D eigenvalue weighted by Gasteiger charge is -2.05. The smallest absolute Gasteiger partial charge is 0.223 e. The van der Waals surface area contributed by atoms with Gasteiger partial charge in [-0.3, -0.25) is 4.79 Å². The third-order valence-corrected chi connectivity index (χ3v) is 3.00. The van der Waals surface area contributed by atoms with Crippen molar-refractivity contribution in [2.24, 2.45) is 11.1 Å². The van der Waals surface area contributed by atoms with Crippen LogP contribution in [0.25, 0.3) is 0 Å². The van der Waals surface area contributed by atoms with Gasteiger partial charge in [0, 0.05) is 0 Å². The van der Waals surface area contributed by atoms with Gasteiger partial charge in [-0.05, 0) is 17.9 Å². The Bertz CT molecular complexity index is 333. The minimum Gasteiger partial charge on any atom is -0.369 e. The fourth-order valence-electron chi connectivity index (χ4n) is 1.81. The highest BCUT2D eigenvalue weighted by Gasteiger charge is 2.55. The summed E-state index contributed by atoms with van der Waals surface area (Å²) in [5, 5.41) is 0. The van der Waals surface area contributed by atoms with Gasteiger partial charge < -0.3 is 5.73 Å². The molecule has 1 fully saturated rings. The van der Waals surface area contributed by atoms with E-state index in [1.807, 2.05) is 25.1 Å². The molecular formula is C11H13NO. The molecule has 1 amide bonds. The number of benzene rings is 1. The normalized spacial score (nSPS) is 31.3. The summed E-state index contributed by atoms with van der Waals surface area (Å²) < 4.78 is 0. The second kappa shape index (κ2) is 2.59. The first-order chi connectivity index (χ1) is 6.14. The zero-order valence-corrected chi connectivity index (χ0v) is 7.66. The molecular weight excluding hydrogens is 162 g/mol. The number of nitrogens with two attached hydrogens (primary N) is 1. The van der Waals surface area contributed by atoms with Crippen LogP contribution in [0.3, 0.4) is 0 Å². The zero-order chi connectivity index (χ0) is 9.47. The molecule has 1 aromatic rings. The molecule has 0 radical (unpaired) electrons. The lowest BCUT2D eigenvalue weighted by molar-refractivity contribution is -0.122. The average molecular weight is 175 g/mol. The highest BCUT2D eigenvalue weighted by atomic mass is 16.1. The SMILES string of the molecule is C[C@@]1(C(N)=O)C[C@H]1c1ccccc1. The van der Waals surface area contributed by atoms with Gasteiger partial charge in [0.15, 0.2) is 0 Å². The molecule has 1 aliphatic carbocycles. The number of carbonyl (C=O) groups is 1. The molecule has 13 heavy (non-hydrogen) atoms. The Balaban J connectivity index is 2.21. The second-order valence-corrected chi connectivity index (χ2v) is 3.95. The molecule has 1 aliphatic rings. The van der Waals surface area contributed by atoms with E-state index >= 15 is 0 Å². The van der Waals surface area contributed by atoms with Crippen molar-refractivity contribution < 1.29 is 4.79 Å². The van der Waals surface area contributed by atoms with Gasteiger partial charge >= 0.3 is 0 Å². The molecule has 2 nitrogen and oxygen atoms in total. The monoisotopic (exact) mass is 175 g/mol. The summed E-state index contributed by atoms with van der Waals surface area (Å²) in [5.74, 6) is 0.160. The number of hydrogen-bond donors (Lipinski definition) is 1. The van der Waals surface area contributed by atoms with E-state index in [4.69, 9.17) is 5.73 Å². The molecule has 2 rings (SSSR count). The van der Waals surface area contributed by atoms with Crippen LogP contribution in [0.15, 0.2) is 30.3 Å². The molecule has 1 saturated carbocycles. The third kappa shape index (κ3) is 1.22. The van der Waals surface area contributed by atoms with Gasteiger partial charge in [0.2, 0.25) is 5.91 Å². The van der Waals surface area contributed by atoms with Crippen molar-refractivity contribution in [3.05, 3.63) is 35.9 Å². The summed E-state index contributed by atoms with van der Waals surface area (Å²) >= 11 is 0. The molecule has 0 spiro atoms. The highest BCUT2D eigenvalue weighted by Crippen LogP contribution is 2.58. The van der Waals surface area contributed by atoms with Crippen LogP contribution < -0.4 is 5.73 Å². The van der Waals surface area contributed by atoms with E-state index in [-0.39, 0.29) is 11.3 Å². The number of carbonyl (C=O) groups excluding carboxylic acids is 1.